The van der Waals surface area contributed by atoms with Crippen LogP contribution in [0.4, 0.5) is 0 Å². The molecule has 0 radical (unpaired) electrons. The van der Waals surface area contributed by atoms with E-state index in [-0.39, 0.29) is 29.7 Å². The zero-order valence-corrected chi connectivity index (χ0v) is 21.9. The van der Waals surface area contributed by atoms with Crippen molar-refractivity contribution in [2.75, 3.05) is 13.2 Å². The Balaban J connectivity index is 1.56. The molecule has 1 aromatic carbocycles. The molecule has 1 aromatic rings. The van der Waals surface area contributed by atoms with Crippen molar-refractivity contribution in [3.05, 3.63) is 34.9 Å². The van der Waals surface area contributed by atoms with Gasteiger partial charge in [0.2, 0.25) is 18.0 Å². The average molecular weight is 520 g/mol. The van der Waals surface area contributed by atoms with Gasteiger partial charge in [0.25, 0.3) is 5.91 Å². The number of fused-ring (bicyclic) bond motifs is 2. The number of hydrogen-bond donors (Lipinski definition) is 2. The number of halogens is 1. The maximum atomic E-state index is 14.0. The topological polar surface area (TPSA) is 114 Å². The summed E-state index contributed by atoms with van der Waals surface area (Å²) in [5.41, 5.74) is -1.41. The van der Waals surface area contributed by atoms with E-state index in [1.54, 1.807) is 29.2 Å². The van der Waals surface area contributed by atoms with Gasteiger partial charge < -0.3 is 25.0 Å². The van der Waals surface area contributed by atoms with E-state index in [1.165, 1.54) is 0 Å². The second-order valence-electron chi connectivity index (χ2n) is 10.9. The van der Waals surface area contributed by atoms with E-state index in [0.29, 0.717) is 31.0 Å². The van der Waals surface area contributed by atoms with Crippen molar-refractivity contribution in [3.63, 3.8) is 0 Å². The molecule has 4 rings (SSSR count). The molecular weight excluding hydrogens is 486 g/mol. The number of nitrogens with one attached hydrogen (secondary N) is 2. The zero-order chi connectivity index (χ0) is 26.3. The maximum absolute atomic E-state index is 14.0. The van der Waals surface area contributed by atoms with Gasteiger partial charge in [0.05, 0.1) is 17.0 Å². The van der Waals surface area contributed by atoms with Crippen molar-refractivity contribution >= 4 is 35.3 Å². The highest BCUT2D eigenvalue weighted by atomic mass is 35.5. The molecule has 36 heavy (non-hydrogen) atoms. The van der Waals surface area contributed by atoms with E-state index < -0.39 is 41.2 Å². The Bertz CT molecular complexity index is 1060. The second kappa shape index (κ2) is 10.0. The number of esters is 1. The molecule has 3 aliphatic rings. The standard InChI is InChI=1S/C26H34ClN3O6/c1-5-35-18-12-19(31)36-22(18)29-24(34)26-11-10-15(13-26)14-30(26)23(33)20(25(2,3)4)28-21(32)16-8-6-7-9-17(16)27/h6-9,15,18,20,22H,5,10-14H2,1-4H3,(H,28,32)(H,29,34)/t15-,18+,20-,22-,26+/m1/s1. The van der Waals surface area contributed by atoms with Gasteiger partial charge in [-0.3, -0.25) is 19.2 Å². The highest BCUT2D eigenvalue weighted by Crippen LogP contribution is 2.47. The number of hydrogen-bond acceptors (Lipinski definition) is 6. The molecule has 2 N–H and O–H groups in total. The number of piperidine rings is 1. The van der Waals surface area contributed by atoms with Crippen LogP contribution in [0.1, 0.15) is 63.7 Å². The van der Waals surface area contributed by atoms with E-state index >= 15 is 0 Å². The predicted molar refractivity (Wildman–Crippen MR) is 132 cm³/mol. The molecule has 9 nitrogen and oxygen atoms in total. The van der Waals surface area contributed by atoms with Gasteiger partial charge in [-0.15, -0.1) is 0 Å². The third-order valence-electron chi connectivity index (χ3n) is 7.36. The van der Waals surface area contributed by atoms with Crippen LogP contribution in [-0.4, -0.2) is 65.7 Å². The molecule has 3 fully saturated rings. The first-order valence-corrected chi connectivity index (χ1v) is 12.8. The number of ether oxygens (including phenoxy) is 2. The number of rotatable bonds is 7. The number of carbonyl (C=O) groups excluding carboxylic acids is 4. The van der Waals surface area contributed by atoms with Crippen molar-refractivity contribution in [2.24, 2.45) is 11.3 Å². The van der Waals surface area contributed by atoms with Gasteiger partial charge in [-0.05, 0) is 49.7 Å². The molecule has 0 aromatic heterocycles. The fourth-order valence-corrected chi connectivity index (χ4v) is 5.75. The van der Waals surface area contributed by atoms with Gasteiger partial charge in [0.1, 0.15) is 17.7 Å². The third kappa shape index (κ3) is 4.95. The summed E-state index contributed by atoms with van der Waals surface area (Å²) in [5, 5.41) is 6.00. The monoisotopic (exact) mass is 519 g/mol. The van der Waals surface area contributed by atoms with Crippen molar-refractivity contribution in [1.29, 1.82) is 0 Å². The Labute approximate surface area is 216 Å². The molecule has 196 valence electrons. The minimum atomic E-state index is -1.06. The van der Waals surface area contributed by atoms with Crippen LogP contribution >= 0.6 is 11.6 Å². The Morgan fingerprint density at radius 1 is 1.28 bits per heavy atom. The van der Waals surface area contributed by atoms with Crippen LogP contribution in [0.5, 0.6) is 0 Å². The summed E-state index contributed by atoms with van der Waals surface area (Å²) in [6, 6.07) is 5.78. The van der Waals surface area contributed by atoms with Crippen LogP contribution in [-0.2, 0) is 23.9 Å². The Morgan fingerprint density at radius 3 is 2.64 bits per heavy atom. The molecule has 2 aliphatic heterocycles. The molecule has 0 spiro atoms. The molecule has 1 aliphatic carbocycles. The summed E-state index contributed by atoms with van der Waals surface area (Å²) >= 11 is 6.21. The van der Waals surface area contributed by atoms with Crippen LogP contribution in [0, 0.1) is 11.3 Å². The number of likely N-dealkylation sites (tertiary alicyclic amines) is 1. The first-order chi connectivity index (χ1) is 17.0. The highest BCUT2D eigenvalue weighted by molar-refractivity contribution is 6.33. The number of amides is 3. The van der Waals surface area contributed by atoms with Crippen LogP contribution < -0.4 is 10.6 Å². The number of carbonyl (C=O) groups is 4. The van der Waals surface area contributed by atoms with Crippen LogP contribution in [0.3, 0.4) is 0 Å². The smallest absolute Gasteiger partial charge is 0.310 e. The maximum Gasteiger partial charge on any atom is 0.310 e. The number of nitrogens with zero attached hydrogens (tertiary/aromatic N) is 1. The summed E-state index contributed by atoms with van der Waals surface area (Å²) in [7, 11) is 0. The molecule has 2 heterocycles. The van der Waals surface area contributed by atoms with E-state index in [2.05, 4.69) is 10.6 Å². The van der Waals surface area contributed by atoms with E-state index in [9.17, 15) is 19.2 Å². The van der Waals surface area contributed by atoms with E-state index in [1.807, 2.05) is 27.7 Å². The summed E-state index contributed by atoms with van der Waals surface area (Å²) in [6.45, 7) is 8.23. The molecule has 0 unspecified atom stereocenters. The predicted octanol–water partition coefficient (Wildman–Crippen LogP) is 2.66. The first kappa shape index (κ1) is 26.4. The van der Waals surface area contributed by atoms with Gasteiger partial charge in [0.15, 0.2) is 0 Å². The Kier molecular flexibility index (Phi) is 7.35. The summed E-state index contributed by atoms with van der Waals surface area (Å²) in [6.07, 6.45) is 0.460. The molecule has 2 saturated heterocycles. The van der Waals surface area contributed by atoms with E-state index in [4.69, 9.17) is 21.1 Å². The molecule has 5 atom stereocenters. The van der Waals surface area contributed by atoms with Crippen molar-refractivity contribution in [2.45, 2.75) is 77.3 Å². The zero-order valence-electron chi connectivity index (χ0n) is 21.1. The van der Waals surface area contributed by atoms with Crippen molar-refractivity contribution in [1.82, 2.24) is 15.5 Å². The lowest BCUT2D eigenvalue weighted by atomic mass is 9.84. The second-order valence-corrected chi connectivity index (χ2v) is 11.3. The quantitative estimate of drug-likeness (QED) is 0.535. The van der Waals surface area contributed by atoms with Gasteiger partial charge >= 0.3 is 5.97 Å². The normalized spacial score (nSPS) is 28.1. The number of benzene rings is 1. The van der Waals surface area contributed by atoms with E-state index in [0.717, 1.165) is 6.42 Å². The molecule has 2 bridgehead atoms. The first-order valence-electron chi connectivity index (χ1n) is 12.4. The van der Waals surface area contributed by atoms with Crippen LogP contribution in [0.15, 0.2) is 24.3 Å². The lowest BCUT2D eigenvalue weighted by Crippen LogP contribution is -2.64. The van der Waals surface area contributed by atoms with Gasteiger partial charge in [-0.2, -0.15) is 0 Å². The minimum absolute atomic E-state index is 0.0667. The average Bonchev–Trinajstić information content (AvgIpc) is 3.50. The third-order valence-corrected chi connectivity index (χ3v) is 7.69. The van der Waals surface area contributed by atoms with Crippen LogP contribution in [0.2, 0.25) is 5.02 Å². The van der Waals surface area contributed by atoms with Crippen molar-refractivity contribution in [3.8, 4) is 0 Å². The summed E-state index contributed by atoms with van der Waals surface area (Å²) in [4.78, 5) is 54.2. The van der Waals surface area contributed by atoms with Gasteiger partial charge in [-0.1, -0.05) is 44.5 Å². The molecule has 10 heteroatoms. The Hall–Kier alpha value is -2.65. The fourth-order valence-electron chi connectivity index (χ4n) is 5.53. The Morgan fingerprint density at radius 2 is 2.00 bits per heavy atom. The molecular formula is C26H34ClN3O6. The lowest BCUT2D eigenvalue weighted by molar-refractivity contribution is -0.154. The summed E-state index contributed by atoms with van der Waals surface area (Å²) in [5.74, 6) is -1.37. The van der Waals surface area contributed by atoms with Gasteiger partial charge in [-0.25, -0.2) is 0 Å². The van der Waals surface area contributed by atoms with Gasteiger partial charge in [0, 0.05) is 13.2 Å². The largest absolute Gasteiger partial charge is 0.439 e. The lowest BCUT2D eigenvalue weighted by Gasteiger charge is -2.42. The molecule has 3 amide bonds. The van der Waals surface area contributed by atoms with Crippen LogP contribution in [0.25, 0.3) is 0 Å². The SMILES string of the molecule is CCO[C@H]1CC(=O)O[C@H]1NC(=O)[C@@]12CC[C@@H](CN1C(=O)[C@@H](NC(=O)c1ccccc1Cl)C(C)(C)C)C2. The minimum Gasteiger partial charge on any atom is -0.439 e. The highest BCUT2D eigenvalue weighted by Gasteiger charge is 2.59. The number of cyclic esters (lactones) is 1. The fraction of sp³-hybridized carbons (Fsp3) is 0.615. The van der Waals surface area contributed by atoms with Crippen molar-refractivity contribution < 1.29 is 28.7 Å². The molecule has 1 saturated carbocycles. The summed E-state index contributed by atoms with van der Waals surface area (Å²) < 4.78 is 10.9.